The number of piperidine rings is 1. The smallest absolute Gasteiger partial charge is 0.227 e. The first-order chi connectivity index (χ1) is 14.1. The van der Waals surface area contributed by atoms with Gasteiger partial charge in [-0.25, -0.2) is 4.68 Å². The number of likely N-dealkylation sites (N-methyl/N-ethyl adjacent to an activating group) is 1. The predicted octanol–water partition coefficient (Wildman–Crippen LogP) is 3.49. The van der Waals surface area contributed by atoms with Gasteiger partial charge < -0.3 is 9.32 Å². The number of furan rings is 1. The topological polar surface area (TPSA) is 54.5 Å². The molecule has 6 rings (SSSR count). The number of benzene rings is 1. The Morgan fingerprint density at radius 2 is 1.93 bits per heavy atom. The molecule has 6 nitrogen and oxygen atoms in total. The third-order valence-electron chi connectivity index (χ3n) is 6.22. The highest BCUT2D eigenvalue weighted by Gasteiger charge is 2.38. The zero-order chi connectivity index (χ0) is 20.0. The third kappa shape index (κ3) is 3.38. The van der Waals surface area contributed by atoms with Gasteiger partial charge in [0.2, 0.25) is 5.91 Å². The van der Waals surface area contributed by atoms with E-state index in [9.17, 15) is 4.79 Å². The molecule has 3 fully saturated rings. The molecule has 3 saturated heterocycles. The Labute approximate surface area is 170 Å². The molecule has 2 bridgehead atoms. The van der Waals surface area contributed by atoms with E-state index < -0.39 is 0 Å². The van der Waals surface area contributed by atoms with E-state index in [4.69, 9.17) is 9.52 Å². The molecule has 3 aliphatic heterocycles. The number of fused-ring (bicyclic) bond motifs is 4. The van der Waals surface area contributed by atoms with Crippen LogP contribution < -0.4 is 0 Å². The van der Waals surface area contributed by atoms with E-state index in [2.05, 4.69) is 11.1 Å². The SMILES string of the molecule is Cc1ccc(-c2nn(-c3ccccc3)cc2CN2C[C@H]3CC[C@@H](C2)N(C)C3=O)o1. The molecule has 1 aromatic carbocycles. The zero-order valence-corrected chi connectivity index (χ0v) is 16.9. The molecule has 29 heavy (non-hydrogen) atoms. The molecule has 0 N–H and O–H groups in total. The fraction of sp³-hybridized carbons (Fsp3) is 0.391. The van der Waals surface area contributed by atoms with E-state index in [0.717, 1.165) is 60.9 Å². The highest BCUT2D eigenvalue weighted by molar-refractivity contribution is 5.80. The van der Waals surface area contributed by atoms with E-state index in [1.165, 1.54) is 0 Å². The third-order valence-corrected chi connectivity index (χ3v) is 6.22. The van der Waals surface area contributed by atoms with Gasteiger partial charge in [0.1, 0.15) is 11.5 Å². The zero-order valence-electron chi connectivity index (χ0n) is 16.9. The maximum absolute atomic E-state index is 12.6. The van der Waals surface area contributed by atoms with Crippen molar-refractivity contribution in [2.75, 3.05) is 20.1 Å². The molecule has 0 spiro atoms. The lowest BCUT2D eigenvalue weighted by Gasteiger charge is -2.32. The van der Waals surface area contributed by atoms with Gasteiger partial charge in [-0.1, -0.05) is 18.2 Å². The number of aryl methyl sites for hydroxylation is 1. The normalized spacial score (nSPS) is 22.3. The van der Waals surface area contributed by atoms with Crippen LogP contribution in [0.3, 0.4) is 0 Å². The van der Waals surface area contributed by atoms with E-state index in [-0.39, 0.29) is 5.92 Å². The summed E-state index contributed by atoms with van der Waals surface area (Å²) in [4.78, 5) is 16.9. The summed E-state index contributed by atoms with van der Waals surface area (Å²) < 4.78 is 7.83. The molecule has 2 aromatic heterocycles. The van der Waals surface area contributed by atoms with Crippen molar-refractivity contribution in [1.29, 1.82) is 0 Å². The van der Waals surface area contributed by atoms with Gasteiger partial charge in [-0.3, -0.25) is 9.69 Å². The van der Waals surface area contributed by atoms with Gasteiger partial charge >= 0.3 is 0 Å². The minimum atomic E-state index is 0.109. The maximum Gasteiger partial charge on any atom is 0.227 e. The monoisotopic (exact) mass is 390 g/mol. The van der Waals surface area contributed by atoms with Crippen LogP contribution in [0.15, 0.2) is 53.1 Å². The fourth-order valence-corrected chi connectivity index (χ4v) is 4.62. The van der Waals surface area contributed by atoms with Crippen molar-refractivity contribution in [3.63, 3.8) is 0 Å². The van der Waals surface area contributed by atoms with Crippen LogP contribution in [-0.2, 0) is 11.3 Å². The molecular formula is C23H26N4O2. The van der Waals surface area contributed by atoms with Crippen molar-refractivity contribution in [3.8, 4) is 17.1 Å². The quantitative estimate of drug-likeness (QED) is 0.684. The van der Waals surface area contributed by atoms with Crippen molar-refractivity contribution in [1.82, 2.24) is 19.6 Å². The Morgan fingerprint density at radius 1 is 1.10 bits per heavy atom. The number of carbonyl (C=O) groups is 1. The molecule has 1 amide bonds. The molecule has 5 heterocycles. The van der Waals surface area contributed by atoms with Gasteiger partial charge in [0, 0.05) is 44.5 Å². The highest BCUT2D eigenvalue weighted by Crippen LogP contribution is 2.31. The second kappa shape index (κ2) is 7.19. The number of rotatable bonds is 4. The Morgan fingerprint density at radius 3 is 2.69 bits per heavy atom. The number of carbonyl (C=O) groups excluding carboxylic acids is 1. The highest BCUT2D eigenvalue weighted by atomic mass is 16.3. The summed E-state index contributed by atoms with van der Waals surface area (Å²) in [6.07, 6.45) is 4.19. The van der Waals surface area contributed by atoms with Gasteiger partial charge in [-0.2, -0.15) is 5.10 Å². The van der Waals surface area contributed by atoms with Crippen molar-refractivity contribution >= 4 is 5.91 Å². The number of hydrogen-bond acceptors (Lipinski definition) is 4. The first kappa shape index (κ1) is 18.2. The Balaban J connectivity index is 1.49. The molecule has 150 valence electrons. The van der Waals surface area contributed by atoms with Crippen LogP contribution in [0.2, 0.25) is 0 Å². The molecule has 0 radical (unpaired) electrons. The van der Waals surface area contributed by atoms with Crippen molar-refractivity contribution in [2.24, 2.45) is 5.92 Å². The number of nitrogens with zero attached hydrogens (tertiary/aromatic N) is 4. The van der Waals surface area contributed by atoms with Crippen LogP contribution in [0.25, 0.3) is 17.1 Å². The molecule has 3 aromatic rings. The van der Waals surface area contributed by atoms with E-state index in [0.29, 0.717) is 11.9 Å². The molecule has 6 heteroatoms. The summed E-state index contributed by atoms with van der Waals surface area (Å²) in [6.45, 7) is 4.43. The number of para-hydroxylation sites is 1. The summed E-state index contributed by atoms with van der Waals surface area (Å²) in [5, 5.41) is 4.86. The summed E-state index contributed by atoms with van der Waals surface area (Å²) in [7, 11) is 1.95. The van der Waals surface area contributed by atoms with Gasteiger partial charge in [-0.15, -0.1) is 0 Å². The summed E-state index contributed by atoms with van der Waals surface area (Å²) in [5.41, 5.74) is 3.02. The first-order valence-electron chi connectivity index (χ1n) is 10.3. The van der Waals surface area contributed by atoms with Crippen LogP contribution in [-0.4, -0.2) is 51.7 Å². The van der Waals surface area contributed by atoms with Crippen molar-refractivity contribution in [2.45, 2.75) is 32.4 Å². The van der Waals surface area contributed by atoms with Gasteiger partial charge in [0.05, 0.1) is 11.6 Å². The van der Waals surface area contributed by atoms with Gasteiger partial charge in [0.25, 0.3) is 0 Å². The second-order valence-corrected chi connectivity index (χ2v) is 8.26. The second-order valence-electron chi connectivity index (χ2n) is 8.26. The predicted molar refractivity (Wildman–Crippen MR) is 111 cm³/mol. The summed E-state index contributed by atoms with van der Waals surface area (Å²) in [6, 6.07) is 14.4. The van der Waals surface area contributed by atoms with E-state index >= 15 is 0 Å². The minimum absolute atomic E-state index is 0.109. The largest absolute Gasteiger partial charge is 0.460 e. The standard InChI is InChI=1S/C23H26N4O2/c1-16-8-11-21(29-16)22-18(14-27(24-22)19-6-4-3-5-7-19)13-26-12-17-9-10-20(15-26)25(2)23(17)28/h3-8,11,14,17,20H,9-10,12-13,15H2,1-2H3/t17-,20+/m1/s1. The molecule has 0 aliphatic carbocycles. The average molecular weight is 390 g/mol. The van der Waals surface area contributed by atoms with E-state index in [1.54, 1.807) is 0 Å². The number of hydrogen-bond donors (Lipinski definition) is 0. The lowest BCUT2D eigenvalue weighted by Crippen LogP contribution is -2.45. The lowest BCUT2D eigenvalue weighted by atomic mass is 9.95. The van der Waals surface area contributed by atoms with Gasteiger partial charge in [0.15, 0.2) is 5.76 Å². The fourth-order valence-electron chi connectivity index (χ4n) is 4.62. The average Bonchev–Trinajstić information content (AvgIpc) is 3.25. The summed E-state index contributed by atoms with van der Waals surface area (Å²) in [5.74, 6) is 2.07. The first-order valence-corrected chi connectivity index (χ1v) is 10.3. The Bertz CT molecular complexity index is 1020. The molecule has 0 unspecified atom stereocenters. The van der Waals surface area contributed by atoms with Crippen LogP contribution in [0.1, 0.15) is 24.2 Å². The number of aromatic nitrogens is 2. The lowest BCUT2D eigenvalue weighted by molar-refractivity contribution is -0.138. The summed E-state index contributed by atoms with van der Waals surface area (Å²) >= 11 is 0. The minimum Gasteiger partial charge on any atom is -0.460 e. The Kier molecular flexibility index (Phi) is 4.51. The van der Waals surface area contributed by atoms with Crippen LogP contribution in [0.5, 0.6) is 0 Å². The van der Waals surface area contributed by atoms with E-state index in [1.807, 2.05) is 66.0 Å². The van der Waals surface area contributed by atoms with Crippen LogP contribution in [0.4, 0.5) is 0 Å². The van der Waals surface area contributed by atoms with Gasteiger partial charge in [-0.05, 0) is 44.0 Å². The molecule has 3 aliphatic rings. The van der Waals surface area contributed by atoms with Crippen molar-refractivity contribution < 1.29 is 9.21 Å². The maximum atomic E-state index is 12.6. The number of amides is 1. The molecular weight excluding hydrogens is 364 g/mol. The van der Waals surface area contributed by atoms with Crippen LogP contribution in [0, 0.1) is 12.8 Å². The molecule has 2 atom stereocenters. The molecule has 0 saturated carbocycles. The van der Waals surface area contributed by atoms with Crippen LogP contribution >= 0.6 is 0 Å². The van der Waals surface area contributed by atoms with Crippen molar-refractivity contribution in [3.05, 3.63) is 60.0 Å². The Hall–Kier alpha value is -2.86.